The van der Waals surface area contributed by atoms with Crippen LogP contribution in [0.25, 0.3) is 0 Å². The molecule has 2 N–H and O–H groups in total. The van der Waals surface area contributed by atoms with E-state index in [1.807, 2.05) is 0 Å². The molecular formula is C15H26N2O. The lowest BCUT2D eigenvalue weighted by atomic mass is 10.1. The van der Waals surface area contributed by atoms with Crippen LogP contribution in [0.2, 0.25) is 0 Å². The third kappa shape index (κ3) is 4.00. The first kappa shape index (κ1) is 15.0. The Balaban J connectivity index is 2.83. The molecule has 1 aromatic carbocycles. The van der Waals surface area contributed by atoms with E-state index >= 15 is 0 Å². The summed E-state index contributed by atoms with van der Waals surface area (Å²) >= 11 is 0. The predicted molar refractivity (Wildman–Crippen MR) is 76.7 cm³/mol. The van der Waals surface area contributed by atoms with Gasteiger partial charge in [-0.1, -0.05) is 19.1 Å². The van der Waals surface area contributed by atoms with Gasteiger partial charge in [0.05, 0.1) is 7.11 Å². The van der Waals surface area contributed by atoms with Gasteiger partial charge in [0.2, 0.25) is 0 Å². The molecule has 3 nitrogen and oxygen atoms in total. The van der Waals surface area contributed by atoms with E-state index in [0.717, 1.165) is 24.4 Å². The lowest BCUT2D eigenvalue weighted by Crippen LogP contribution is -2.31. The molecule has 0 atom stereocenters. The highest BCUT2D eigenvalue weighted by atomic mass is 16.5. The molecule has 0 fully saturated rings. The number of nitrogens with two attached hydrogens (primary N) is 1. The minimum absolute atomic E-state index is 0.520. The lowest BCUT2D eigenvalue weighted by molar-refractivity contribution is 0.213. The van der Waals surface area contributed by atoms with Gasteiger partial charge >= 0.3 is 0 Å². The average Bonchev–Trinajstić information content (AvgIpc) is 2.37. The summed E-state index contributed by atoms with van der Waals surface area (Å²) in [7, 11) is 1.70. The van der Waals surface area contributed by atoms with Gasteiger partial charge < -0.3 is 10.5 Å². The molecule has 3 heteroatoms. The van der Waals surface area contributed by atoms with Crippen LogP contribution in [0.3, 0.4) is 0 Å². The summed E-state index contributed by atoms with van der Waals surface area (Å²) in [5.41, 5.74) is 8.03. The number of methoxy groups -OCH3 is 1. The van der Waals surface area contributed by atoms with Crippen molar-refractivity contribution in [3.63, 3.8) is 0 Å². The average molecular weight is 250 g/mol. The van der Waals surface area contributed by atoms with Crippen LogP contribution in [0, 0.1) is 0 Å². The topological polar surface area (TPSA) is 38.5 Å². The molecule has 0 saturated carbocycles. The molecule has 0 aliphatic heterocycles. The summed E-state index contributed by atoms with van der Waals surface area (Å²) < 4.78 is 5.38. The Kier molecular flexibility index (Phi) is 6.16. The number of rotatable bonds is 7. The highest BCUT2D eigenvalue weighted by molar-refractivity contribution is 5.37. The van der Waals surface area contributed by atoms with Crippen molar-refractivity contribution >= 4 is 0 Å². The van der Waals surface area contributed by atoms with Crippen LogP contribution >= 0.6 is 0 Å². The van der Waals surface area contributed by atoms with Crippen molar-refractivity contribution in [2.24, 2.45) is 5.73 Å². The maximum absolute atomic E-state index is 5.68. The van der Waals surface area contributed by atoms with E-state index in [2.05, 4.69) is 43.9 Å². The van der Waals surface area contributed by atoms with E-state index in [9.17, 15) is 0 Å². The molecule has 102 valence electrons. The highest BCUT2D eigenvalue weighted by Crippen LogP contribution is 2.21. The Hall–Kier alpha value is -1.06. The van der Waals surface area contributed by atoms with Crippen LogP contribution in [-0.2, 0) is 13.1 Å². The van der Waals surface area contributed by atoms with Crippen molar-refractivity contribution in [1.82, 2.24) is 4.90 Å². The Morgan fingerprint density at radius 1 is 1.33 bits per heavy atom. The predicted octanol–water partition coefficient (Wildman–Crippen LogP) is 2.77. The van der Waals surface area contributed by atoms with E-state index in [1.165, 1.54) is 12.0 Å². The molecule has 0 aliphatic rings. The van der Waals surface area contributed by atoms with Gasteiger partial charge in [0.1, 0.15) is 5.75 Å². The number of ether oxygens (including phenoxy) is 1. The van der Waals surface area contributed by atoms with Crippen LogP contribution in [0.15, 0.2) is 18.2 Å². The quantitative estimate of drug-likeness (QED) is 0.808. The molecule has 0 aromatic heterocycles. The Morgan fingerprint density at radius 3 is 2.56 bits per heavy atom. The molecule has 0 radical (unpaired) electrons. The van der Waals surface area contributed by atoms with E-state index < -0.39 is 0 Å². The van der Waals surface area contributed by atoms with Crippen LogP contribution in [0.1, 0.15) is 38.3 Å². The number of benzene rings is 1. The van der Waals surface area contributed by atoms with Gasteiger partial charge in [-0.25, -0.2) is 0 Å². The second-order valence-electron chi connectivity index (χ2n) is 4.91. The molecule has 0 unspecified atom stereocenters. The fourth-order valence-electron chi connectivity index (χ4n) is 2.10. The third-order valence-corrected chi connectivity index (χ3v) is 3.20. The summed E-state index contributed by atoms with van der Waals surface area (Å²) in [4.78, 5) is 2.47. The number of hydrogen-bond acceptors (Lipinski definition) is 3. The Morgan fingerprint density at radius 2 is 2.06 bits per heavy atom. The summed E-state index contributed by atoms with van der Waals surface area (Å²) in [5.74, 6) is 0.898. The van der Waals surface area contributed by atoms with Crippen LogP contribution in [0.4, 0.5) is 0 Å². The molecule has 0 bridgehead atoms. The van der Waals surface area contributed by atoms with Crippen LogP contribution in [0.5, 0.6) is 5.75 Å². The normalized spacial score (nSPS) is 11.3. The number of hydrogen-bond donors (Lipinski definition) is 1. The van der Waals surface area contributed by atoms with Crippen LogP contribution < -0.4 is 10.5 Å². The van der Waals surface area contributed by atoms with E-state index in [-0.39, 0.29) is 0 Å². The van der Waals surface area contributed by atoms with Gasteiger partial charge in [0, 0.05) is 24.7 Å². The minimum atomic E-state index is 0.520. The van der Waals surface area contributed by atoms with E-state index in [4.69, 9.17) is 10.5 Å². The zero-order chi connectivity index (χ0) is 13.5. The summed E-state index contributed by atoms with van der Waals surface area (Å²) in [6.45, 7) is 9.30. The van der Waals surface area contributed by atoms with Gasteiger partial charge in [-0.3, -0.25) is 4.90 Å². The Labute approximate surface area is 111 Å². The maximum atomic E-state index is 5.68. The zero-order valence-corrected chi connectivity index (χ0v) is 12.1. The minimum Gasteiger partial charge on any atom is -0.496 e. The molecule has 0 spiro atoms. The molecule has 0 amide bonds. The zero-order valence-electron chi connectivity index (χ0n) is 12.1. The van der Waals surface area contributed by atoms with Gasteiger partial charge in [0.25, 0.3) is 0 Å². The smallest absolute Gasteiger partial charge is 0.123 e. The molecule has 1 rings (SSSR count). The first-order chi connectivity index (χ1) is 8.62. The fourth-order valence-corrected chi connectivity index (χ4v) is 2.10. The molecule has 0 heterocycles. The first-order valence-electron chi connectivity index (χ1n) is 6.72. The van der Waals surface area contributed by atoms with Crippen molar-refractivity contribution in [2.75, 3.05) is 13.7 Å². The fraction of sp³-hybridized carbons (Fsp3) is 0.600. The van der Waals surface area contributed by atoms with Crippen LogP contribution in [-0.4, -0.2) is 24.6 Å². The monoisotopic (exact) mass is 250 g/mol. The second-order valence-corrected chi connectivity index (χ2v) is 4.91. The van der Waals surface area contributed by atoms with Crippen molar-refractivity contribution < 1.29 is 4.74 Å². The largest absolute Gasteiger partial charge is 0.496 e. The summed E-state index contributed by atoms with van der Waals surface area (Å²) in [6, 6.07) is 6.88. The SMILES string of the molecule is CCCN(Cc1ccc(CN)c(OC)c1)C(C)C. The highest BCUT2D eigenvalue weighted by Gasteiger charge is 2.10. The van der Waals surface area contributed by atoms with Crippen molar-refractivity contribution in [2.45, 2.75) is 46.3 Å². The standard InChI is InChI=1S/C15H26N2O/c1-5-8-17(12(2)3)11-13-6-7-14(10-16)15(9-13)18-4/h6-7,9,12H,5,8,10-11,16H2,1-4H3. The molecule has 18 heavy (non-hydrogen) atoms. The van der Waals surface area contributed by atoms with Crippen molar-refractivity contribution in [3.8, 4) is 5.75 Å². The lowest BCUT2D eigenvalue weighted by Gasteiger charge is -2.26. The molecule has 0 aliphatic carbocycles. The van der Waals surface area contributed by atoms with Gasteiger partial charge in [-0.05, 0) is 38.4 Å². The first-order valence-corrected chi connectivity index (χ1v) is 6.72. The Bertz CT molecular complexity index is 364. The molecular weight excluding hydrogens is 224 g/mol. The summed E-state index contributed by atoms with van der Waals surface area (Å²) in [6.07, 6.45) is 1.18. The summed E-state index contributed by atoms with van der Waals surface area (Å²) in [5, 5.41) is 0. The molecule has 1 aromatic rings. The van der Waals surface area contributed by atoms with E-state index in [1.54, 1.807) is 7.11 Å². The van der Waals surface area contributed by atoms with Crippen molar-refractivity contribution in [1.29, 1.82) is 0 Å². The second kappa shape index (κ2) is 7.39. The van der Waals surface area contributed by atoms with E-state index in [0.29, 0.717) is 12.6 Å². The number of nitrogens with zero attached hydrogens (tertiary/aromatic N) is 1. The van der Waals surface area contributed by atoms with Crippen molar-refractivity contribution in [3.05, 3.63) is 29.3 Å². The van der Waals surface area contributed by atoms with Gasteiger partial charge in [0.15, 0.2) is 0 Å². The third-order valence-electron chi connectivity index (χ3n) is 3.20. The van der Waals surface area contributed by atoms with Gasteiger partial charge in [-0.15, -0.1) is 0 Å². The molecule has 0 saturated heterocycles. The van der Waals surface area contributed by atoms with Gasteiger partial charge in [-0.2, -0.15) is 0 Å². The maximum Gasteiger partial charge on any atom is 0.123 e.